The van der Waals surface area contributed by atoms with Crippen LogP contribution in [0.3, 0.4) is 0 Å². The van der Waals surface area contributed by atoms with Crippen LogP contribution in [0.2, 0.25) is 0 Å². The van der Waals surface area contributed by atoms with Gasteiger partial charge in [-0.2, -0.15) is 0 Å². The van der Waals surface area contributed by atoms with Crippen LogP contribution in [0.25, 0.3) is 0 Å². The van der Waals surface area contributed by atoms with E-state index < -0.39 is 5.97 Å². The van der Waals surface area contributed by atoms with Crippen molar-refractivity contribution in [2.24, 2.45) is 0 Å². The summed E-state index contributed by atoms with van der Waals surface area (Å²) in [4.78, 5) is 13.4. The number of hydrogen-bond acceptors (Lipinski definition) is 2. The number of carboxylic acids is 1. The highest BCUT2D eigenvalue weighted by atomic mass is 16.4. The molecule has 1 saturated carbocycles. The molecule has 1 aliphatic heterocycles. The molecule has 0 radical (unpaired) electrons. The number of rotatable bonds is 5. The Kier molecular flexibility index (Phi) is 3.31. The monoisotopic (exact) mass is 259 g/mol. The third-order valence-electron chi connectivity index (χ3n) is 4.51. The van der Waals surface area contributed by atoms with E-state index in [1.54, 1.807) is 0 Å². The molecule has 0 atom stereocenters. The zero-order chi connectivity index (χ0) is 13.3. The second-order valence-electron chi connectivity index (χ2n) is 6.03. The summed E-state index contributed by atoms with van der Waals surface area (Å²) in [5.74, 6) is -0.682. The highest BCUT2D eigenvalue weighted by Crippen LogP contribution is 2.51. The minimum Gasteiger partial charge on any atom is -0.481 e. The molecule has 102 valence electrons. The van der Waals surface area contributed by atoms with Crippen molar-refractivity contribution in [2.45, 2.75) is 44.1 Å². The Bertz CT molecular complexity index is 456. The summed E-state index contributed by atoms with van der Waals surface area (Å²) in [7, 11) is 0. The molecule has 1 aromatic rings. The fourth-order valence-corrected chi connectivity index (χ4v) is 3.17. The number of benzene rings is 1. The second-order valence-corrected chi connectivity index (χ2v) is 6.03. The number of carbonyl (C=O) groups is 1. The minimum atomic E-state index is -0.682. The van der Waals surface area contributed by atoms with E-state index in [4.69, 9.17) is 5.11 Å². The summed E-state index contributed by atoms with van der Waals surface area (Å²) in [6.07, 6.45) is 4.95. The summed E-state index contributed by atoms with van der Waals surface area (Å²) < 4.78 is 0. The van der Waals surface area contributed by atoms with Crippen LogP contribution in [0.15, 0.2) is 24.3 Å². The molecule has 0 unspecified atom stereocenters. The van der Waals surface area contributed by atoms with Crippen molar-refractivity contribution >= 4 is 5.97 Å². The summed E-state index contributed by atoms with van der Waals surface area (Å²) in [6, 6.07) is 8.63. The molecule has 1 aliphatic carbocycles. The number of carboxylic acid groups (broad SMARTS) is 1. The first-order valence-corrected chi connectivity index (χ1v) is 7.22. The number of hydrogen-bond donors (Lipinski definition) is 1. The van der Waals surface area contributed by atoms with Crippen LogP contribution in [0.4, 0.5) is 0 Å². The van der Waals surface area contributed by atoms with Crippen LogP contribution < -0.4 is 0 Å². The number of aliphatic carboxylic acids is 1. The quantitative estimate of drug-likeness (QED) is 0.884. The van der Waals surface area contributed by atoms with Crippen molar-refractivity contribution in [3.63, 3.8) is 0 Å². The lowest BCUT2D eigenvalue weighted by molar-refractivity contribution is -0.137. The minimum absolute atomic E-state index is 0.0575. The third-order valence-corrected chi connectivity index (χ3v) is 4.51. The summed E-state index contributed by atoms with van der Waals surface area (Å²) in [5, 5.41) is 8.99. The maximum Gasteiger partial charge on any atom is 0.304 e. The molecule has 3 heteroatoms. The van der Waals surface area contributed by atoms with Gasteiger partial charge in [0.1, 0.15) is 0 Å². The Morgan fingerprint density at radius 3 is 2.32 bits per heavy atom. The van der Waals surface area contributed by atoms with Gasteiger partial charge in [-0.15, -0.1) is 0 Å². The standard InChI is InChI=1S/C16H21NO2/c18-15(19)11-16(7-8-16)14-5-3-13(4-6-14)12-17-9-1-2-10-17/h3-6H,1-2,7-12H2,(H,18,19). The van der Waals surface area contributed by atoms with E-state index >= 15 is 0 Å². The molecule has 0 amide bonds. The Morgan fingerprint density at radius 1 is 1.16 bits per heavy atom. The molecule has 1 N–H and O–H groups in total. The van der Waals surface area contributed by atoms with Gasteiger partial charge in [0, 0.05) is 12.0 Å². The second kappa shape index (κ2) is 4.97. The van der Waals surface area contributed by atoms with Gasteiger partial charge in [0.05, 0.1) is 6.42 Å². The lowest BCUT2D eigenvalue weighted by atomic mass is 9.92. The Balaban J connectivity index is 1.67. The van der Waals surface area contributed by atoms with Crippen molar-refractivity contribution in [3.8, 4) is 0 Å². The predicted molar refractivity (Wildman–Crippen MR) is 74.1 cm³/mol. The van der Waals surface area contributed by atoms with Gasteiger partial charge >= 0.3 is 5.97 Å². The topological polar surface area (TPSA) is 40.5 Å². The van der Waals surface area contributed by atoms with Crippen molar-refractivity contribution in [2.75, 3.05) is 13.1 Å². The van der Waals surface area contributed by atoms with Crippen LogP contribution in [-0.4, -0.2) is 29.1 Å². The molecule has 3 rings (SSSR count). The van der Waals surface area contributed by atoms with E-state index in [0.29, 0.717) is 0 Å². The van der Waals surface area contributed by atoms with Crippen LogP contribution in [0, 0.1) is 0 Å². The van der Waals surface area contributed by atoms with E-state index in [-0.39, 0.29) is 11.8 Å². The first-order chi connectivity index (χ1) is 9.18. The summed E-state index contributed by atoms with van der Waals surface area (Å²) in [6.45, 7) is 3.46. The first kappa shape index (κ1) is 12.7. The lowest BCUT2D eigenvalue weighted by Gasteiger charge is -2.17. The van der Waals surface area contributed by atoms with E-state index in [1.807, 2.05) is 0 Å². The fraction of sp³-hybridized carbons (Fsp3) is 0.562. The fourth-order valence-electron chi connectivity index (χ4n) is 3.17. The zero-order valence-corrected chi connectivity index (χ0v) is 11.3. The predicted octanol–water partition coefficient (Wildman–Crippen LogP) is 2.79. The molecule has 2 fully saturated rings. The molecule has 3 nitrogen and oxygen atoms in total. The highest BCUT2D eigenvalue weighted by molar-refractivity contribution is 5.70. The summed E-state index contributed by atoms with van der Waals surface area (Å²) in [5.41, 5.74) is 2.50. The molecule has 1 heterocycles. The molecular weight excluding hydrogens is 238 g/mol. The van der Waals surface area contributed by atoms with Gasteiger partial charge in [-0.1, -0.05) is 24.3 Å². The molecular formula is C16H21NO2. The van der Waals surface area contributed by atoms with Gasteiger partial charge in [-0.25, -0.2) is 0 Å². The molecule has 0 aromatic heterocycles. The molecule has 1 saturated heterocycles. The molecule has 0 bridgehead atoms. The molecule has 0 spiro atoms. The Morgan fingerprint density at radius 2 is 1.79 bits per heavy atom. The first-order valence-electron chi connectivity index (χ1n) is 7.22. The van der Waals surface area contributed by atoms with Crippen molar-refractivity contribution in [3.05, 3.63) is 35.4 Å². The average Bonchev–Trinajstić information content (AvgIpc) is 2.97. The lowest BCUT2D eigenvalue weighted by Crippen LogP contribution is -2.18. The van der Waals surface area contributed by atoms with Crippen LogP contribution >= 0.6 is 0 Å². The Labute approximate surface area is 114 Å². The van der Waals surface area contributed by atoms with Gasteiger partial charge in [-0.3, -0.25) is 9.69 Å². The van der Waals surface area contributed by atoms with E-state index in [9.17, 15) is 4.79 Å². The van der Waals surface area contributed by atoms with Crippen molar-refractivity contribution in [1.82, 2.24) is 4.90 Å². The van der Waals surface area contributed by atoms with Crippen molar-refractivity contribution in [1.29, 1.82) is 0 Å². The van der Waals surface area contributed by atoms with E-state index in [1.165, 1.54) is 37.1 Å². The SMILES string of the molecule is O=C(O)CC1(c2ccc(CN3CCCC3)cc2)CC1. The molecule has 2 aliphatic rings. The smallest absolute Gasteiger partial charge is 0.304 e. The number of nitrogens with zero attached hydrogens (tertiary/aromatic N) is 1. The van der Waals surface area contributed by atoms with Gasteiger partial charge in [0.25, 0.3) is 0 Å². The largest absolute Gasteiger partial charge is 0.481 e. The van der Waals surface area contributed by atoms with Gasteiger partial charge < -0.3 is 5.11 Å². The number of likely N-dealkylation sites (tertiary alicyclic amines) is 1. The van der Waals surface area contributed by atoms with Gasteiger partial charge in [0.2, 0.25) is 0 Å². The molecule has 19 heavy (non-hydrogen) atoms. The Hall–Kier alpha value is -1.35. The third kappa shape index (κ3) is 2.81. The summed E-state index contributed by atoms with van der Waals surface area (Å²) >= 11 is 0. The van der Waals surface area contributed by atoms with Gasteiger partial charge in [0.15, 0.2) is 0 Å². The van der Waals surface area contributed by atoms with E-state index in [0.717, 1.165) is 19.4 Å². The van der Waals surface area contributed by atoms with Gasteiger partial charge in [-0.05, 0) is 49.9 Å². The van der Waals surface area contributed by atoms with Crippen molar-refractivity contribution < 1.29 is 9.90 Å². The normalized spacial score (nSPS) is 21.5. The maximum atomic E-state index is 10.9. The average molecular weight is 259 g/mol. The van der Waals surface area contributed by atoms with Crippen LogP contribution in [-0.2, 0) is 16.8 Å². The maximum absolute atomic E-state index is 10.9. The molecule has 1 aromatic carbocycles. The zero-order valence-electron chi connectivity index (χ0n) is 11.3. The van der Waals surface area contributed by atoms with E-state index in [2.05, 4.69) is 29.2 Å². The van der Waals surface area contributed by atoms with Crippen LogP contribution in [0.5, 0.6) is 0 Å². The highest BCUT2D eigenvalue weighted by Gasteiger charge is 2.45. The van der Waals surface area contributed by atoms with Crippen LogP contribution in [0.1, 0.15) is 43.2 Å².